The van der Waals surface area contributed by atoms with E-state index in [2.05, 4.69) is 4.99 Å². The molecule has 6 nitrogen and oxygen atoms in total. The van der Waals surface area contributed by atoms with E-state index in [1.165, 1.54) is 19.9 Å². The summed E-state index contributed by atoms with van der Waals surface area (Å²) in [5.74, 6) is -1.09. The van der Waals surface area contributed by atoms with Crippen LogP contribution >= 0.6 is 0 Å². The molecule has 0 aliphatic carbocycles. The summed E-state index contributed by atoms with van der Waals surface area (Å²) in [5.41, 5.74) is 0. The van der Waals surface area contributed by atoms with Gasteiger partial charge in [0.05, 0.1) is 6.54 Å². The summed E-state index contributed by atoms with van der Waals surface area (Å²) in [4.78, 5) is 36.3. The Morgan fingerprint density at radius 1 is 1.15 bits per heavy atom. The van der Waals surface area contributed by atoms with E-state index in [9.17, 15) is 14.4 Å². The van der Waals surface area contributed by atoms with Gasteiger partial charge in [-0.3, -0.25) is 9.59 Å². The number of rotatable bonds is 6. The summed E-state index contributed by atoms with van der Waals surface area (Å²) < 4.78 is 10.7. The van der Waals surface area contributed by atoms with Crippen LogP contribution in [0.15, 0.2) is 35.3 Å². The van der Waals surface area contributed by atoms with Crippen molar-refractivity contribution in [3.05, 3.63) is 30.3 Å². The van der Waals surface area contributed by atoms with Crippen molar-refractivity contribution in [1.29, 1.82) is 0 Å². The Morgan fingerprint density at radius 3 is 2.15 bits per heavy atom. The maximum absolute atomic E-state index is 11.4. The lowest BCUT2D eigenvalue weighted by Gasteiger charge is -2.28. The van der Waals surface area contributed by atoms with Crippen LogP contribution < -0.4 is 5.19 Å². The molecule has 0 N–H and O–H groups in total. The predicted molar refractivity (Wildman–Crippen MR) is 73.2 cm³/mol. The van der Waals surface area contributed by atoms with Crippen LogP contribution in [-0.4, -0.2) is 33.1 Å². The molecule has 0 fully saturated rings. The van der Waals surface area contributed by atoms with Gasteiger partial charge in [0.25, 0.3) is 11.9 Å². The van der Waals surface area contributed by atoms with Crippen molar-refractivity contribution in [3.8, 4) is 0 Å². The van der Waals surface area contributed by atoms with Crippen LogP contribution in [0.5, 0.6) is 0 Å². The molecular weight excluding hydrogens is 278 g/mol. The largest absolute Gasteiger partial charge is 0.501 e. The molecule has 0 saturated carbocycles. The van der Waals surface area contributed by atoms with Crippen LogP contribution in [0.2, 0.25) is 6.04 Å². The molecule has 0 atom stereocenters. The van der Waals surface area contributed by atoms with Crippen molar-refractivity contribution in [2.24, 2.45) is 4.99 Å². The normalized spacial score (nSPS) is 10.3. The SMILES string of the molecule is CC(=O)O[Si](CCN=C=O)(OC(C)=O)c1ccccc1. The Bertz CT molecular complexity index is 509. The second-order valence-corrected chi connectivity index (χ2v) is 7.02. The molecule has 0 aliphatic heterocycles. The van der Waals surface area contributed by atoms with E-state index in [1.807, 2.05) is 0 Å². The first kappa shape index (κ1) is 15.8. The second-order valence-electron chi connectivity index (χ2n) is 4.03. The van der Waals surface area contributed by atoms with Gasteiger partial charge in [-0.05, 0) is 0 Å². The highest BCUT2D eigenvalue weighted by molar-refractivity contribution is 6.83. The lowest BCUT2D eigenvalue weighted by atomic mass is 10.4. The Morgan fingerprint density at radius 2 is 1.70 bits per heavy atom. The predicted octanol–water partition coefficient (Wildman–Crippen LogP) is 0.798. The zero-order valence-electron chi connectivity index (χ0n) is 11.3. The molecule has 20 heavy (non-hydrogen) atoms. The first-order chi connectivity index (χ1) is 9.50. The van der Waals surface area contributed by atoms with Crippen LogP contribution in [0.1, 0.15) is 13.8 Å². The Hall–Kier alpha value is -2.24. The van der Waals surface area contributed by atoms with E-state index in [-0.39, 0.29) is 12.6 Å². The molecule has 106 valence electrons. The molecule has 0 heterocycles. The van der Waals surface area contributed by atoms with E-state index < -0.39 is 20.5 Å². The lowest BCUT2D eigenvalue weighted by molar-refractivity contribution is -0.138. The molecule has 1 aromatic carbocycles. The molecule has 7 heteroatoms. The molecule has 0 aliphatic rings. The summed E-state index contributed by atoms with van der Waals surface area (Å²) in [5, 5.41) is 0.631. The molecule has 0 unspecified atom stereocenters. The third kappa shape index (κ3) is 4.45. The second kappa shape index (κ2) is 7.37. The van der Waals surface area contributed by atoms with E-state index in [0.29, 0.717) is 5.19 Å². The summed E-state index contributed by atoms with van der Waals surface area (Å²) in [6.45, 7) is 2.57. The molecule has 0 aromatic heterocycles. The number of carbonyl (C=O) groups is 2. The number of carbonyl (C=O) groups excluding carboxylic acids is 3. The number of hydrogen-bond acceptors (Lipinski definition) is 6. The molecule has 0 bridgehead atoms. The number of hydrogen-bond donors (Lipinski definition) is 0. The number of benzene rings is 1. The smallest absolute Gasteiger partial charge is 0.482 e. The van der Waals surface area contributed by atoms with Gasteiger partial charge in [-0.1, -0.05) is 30.3 Å². The Kier molecular flexibility index (Phi) is 5.83. The molecule has 0 radical (unpaired) electrons. The molecule has 0 amide bonds. The fourth-order valence-corrected chi connectivity index (χ4v) is 4.60. The van der Waals surface area contributed by atoms with Gasteiger partial charge in [-0.25, -0.2) is 9.79 Å². The van der Waals surface area contributed by atoms with Gasteiger partial charge in [0.1, 0.15) is 0 Å². The minimum absolute atomic E-state index is 0.0746. The molecule has 0 saturated heterocycles. The standard InChI is InChI=1S/C13H15NO5Si/c1-11(16)18-20(19-12(2)17,9-8-14-10-15)13-6-4-3-5-7-13/h3-7H,8-9H2,1-2H3. The van der Waals surface area contributed by atoms with Crippen molar-refractivity contribution < 1.29 is 23.2 Å². The topological polar surface area (TPSA) is 82.0 Å². The third-order valence-corrected chi connectivity index (χ3v) is 5.78. The Balaban J connectivity index is 3.19. The van der Waals surface area contributed by atoms with E-state index in [0.717, 1.165) is 0 Å². The van der Waals surface area contributed by atoms with Gasteiger partial charge in [0.15, 0.2) is 0 Å². The van der Waals surface area contributed by atoms with Gasteiger partial charge in [-0.15, -0.1) is 0 Å². The van der Waals surface area contributed by atoms with Crippen molar-refractivity contribution in [2.45, 2.75) is 19.9 Å². The lowest BCUT2D eigenvalue weighted by Crippen LogP contribution is -2.56. The third-order valence-electron chi connectivity index (χ3n) is 2.45. The van der Waals surface area contributed by atoms with E-state index in [1.54, 1.807) is 30.3 Å². The number of nitrogens with zero attached hydrogens (tertiary/aromatic N) is 1. The quantitative estimate of drug-likeness (QED) is 0.440. The van der Waals surface area contributed by atoms with Crippen LogP contribution in [0.25, 0.3) is 0 Å². The fraction of sp³-hybridized carbons (Fsp3) is 0.308. The highest BCUT2D eigenvalue weighted by Gasteiger charge is 2.46. The maximum Gasteiger partial charge on any atom is 0.501 e. The van der Waals surface area contributed by atoms with Crippen molar-refractivity contribution in [2.75, 3.05) is 6.54 Å². The van der Waals surface area contributed by atoms with Crippen LogP contribution in [0.3, 0.4) is 0 Å². The number of aliphatic imine (C=N–C) groups is 1. The molecule has 0 spiro atoms. The highest BCUT2D eigenvalue weighted by Crippen LogP contribution is 2.15. The van der Waals surface area contributed by atoms with E-state index in [4.69, 9.17) is 8.85 Å². The molecule has 1 aromatic rings. The first-order valence-corrected chi connectivity index (χ1v) is 8.01. The summed E-state index contributed by atoms with van der Waals surface area (Å²) >= 11 is 0. The maximum atomic E-state index is 11.4. The van der Waals surface area contributed by atoms with Crippen molar-refractivity contribution >= 4 is 31.8 Å². The monoisotopic (exact) mass is 293 g/mol. The van der Waals surface area contributed by atoms with Crippen LogP contribution in [0.4, 0.5) is 0 Å². The minimum Gasteiger partial charge on any atom is -0.482 e. The number of isocyanates is 1. The van der Waals surface area contributed by atoms with Gasteiger partial charge in [0, 0.05) is 25.1 Å². The fourth-order valence-electron chi connectivity index (χ4n) is 1.79. The van der Waals surface area contributed by atoms with Crippen LogP contribution in [-0.2, 0) is 23.2 Å². The molecular formula is C13H15NO5Si. The van der Waals surface area contributed by atoms with Gasteiger partial charge in [0.2, 0.25) is 6.08 Å². The average molecular weight is 293 g/mol. The summed E-state index contributed by atoms with van der Waals surface area (Å²) in [6, 6.07) is 8.94. The van der Waals surface area contributed by atoms with Crippen molar-refractivity contribution in [3.63, 3.8) is 0 Å². The highest BCUT2D eigenvalue weighted by atomic mass is 28.4. The van der Waals surface area contributed by atoms with Gasteiger partial charge < -0.3 is 8.85 Å². The summed E-state index contributed by atoms with van der Waals surface area (Å²) in [6.07, 6.45) is 1.41. The zero-order valence-corrected chi connectivity index (χ0v) is 12.3. The van der Waals surface area contributed by atoms with E-state index >= 15 is 0 Å². The zero-order chi connectivity index (χ0) is 15.0. The van der Waals surface area contributed by atoms with Crippen LogP contribution in [0, 0.1) is 0 Å². The van der Waals surface area contributed by atoms with Gasteiger partial charge >= 0.3 is 8.56 Å². The minimum atomic E-state index is -3.31. The Labute approximate surface area is 117 Å². The van der Waals surface area contributed by atoms with Gasteiger partial charge in [-0.2, -0.15) is 0 Å². The first-order valence-electron chi connectivity index (χ1n) is 5.98. The summed E-state index contributed by atoms with van der Waals surface area (Å²) in [7, 11) is -3.31. The molecule has 1 rings (SSSR count). The average Bonchev–Trinajstić information content (AvgIpc) is 2.38. The van der Waals surface area contributed by atoms with Crippen molar-refractivity contribution in [1.82, 2.24) is 0 Å².